The quantitative estimate of drug-likeness (QED) is 0.463. The van der Waals surface area contributed by atoms with Crippen LogP contribution >= 0.6 is 0 Å². The number of nitrogen functional groups attached to an aromatic ring is 1. The molecule has 8 heteroatoms. The number of rotatable bonds is 6. The first-order chi connectivity index (χ1) is 15.0. The number of nitrogens with two attached hydrogens (primary N) is 1. The summed E-state index contributed by atoms with van der Waals surface area (Å²) in [7, 11) is 0. The van der Waals surface area contributed by atoms with E-state index >= 15 is 0 Å². The maximum Gasteiger partial charge on any atom is 0.197 e. The molecule has 0 radical (unpaired) electrons. The number of fused-ring (bicyclic) bond motifs is 1. The summed E-state index contributed by atoms with van der Waals surface area (Å²) in [6.07, 6.45) is 4.68. The third-order valence-electron chi connectivity index (χ3n) is 5.57. The molecule has 160 valence electrons. The fourth-order valence-electron chi connectivity index (χ4n) is 3.81. The number of oxazole rings is 1. The van der Waals surface area contributed by atoms with E-state index in [9.17, 15) is 0 Å². The Morgan fingerprint density at radius 2 is 2.10 bits per heavy atom. The van der Waals surface area contributed by atoms with Gasteiger partial charge in [-0.05, 0) is 44.9 Å². The summed E-state index contributed by atoms with van der Waals surface area (Å²) in [4.78, 5) is 15.6. The van der Waals surface area contributed by atoms with Crippen molar-refractivity contribution in [2.45, 2.75) is 51.7 Å². The van der Waals surface area contributed by atoms with Gasteiger partial charge in [0.1, 0.15) is 29.3 Å². The first kappa shape index (κ1) is 19.5. The zero-order valence-electron chi connectivity index (χ0n) is 17.8. The van der Waals surface area contributed by atoms with Gasteiger partial charge in [-0.1, -0.05) is 0 Å². The molecule has 2 aromatic heterocycles. The smallest absolute Gasteiger partial charge is 0.197 e. The Bertz CT molecular complexity index is 1130. The molecule has 0 bridgehead atoms. The number of hydrogen-bond acceptors (Lipinski definition) is 8. The van der Waals surface area contributed by atoms with Crippen molar-refractivity contribution in [3.8, 4) is 5.75 Å². The molecule has 0 spiro atoms. The van der Waals surface area contributed by atoms with Crippen molar-refractivity contribution in [2.24, 2.45) is 0 Å². The molecule has 2 aliphatic rings. The van der Waals surface area contributed by atoms with E-state index in [4.69, 9.17) is 25.3 Å². The van der Waals surface area contributed by atoms with E-state index in [-0.39, 0.29) is 11.8 Å². The van der Waals surface area contributed by atoms with Crippen molar-refractivity contribution in [3.63, 3.8) is 0 Å². The van der Waals surface area contributed by atoms with Gasteiger partial charge in [-0.2, -0.15) is 0 Å². The van der Waals surface area contributed by atoms with Gasteiger partial charge in [-0.25, -0.2) is 15.0 Å². The standard InChI is InChI=1S/C23H26N6O2/c1-13(2)30-15-5-6-17(24)16(9-15)22(25)18-10-21(27-12-26-18)29-8-7-20-19(11-29)28-23(31-20)14-3-4-14/h5-6,9-10,12-14,25H,3-4,7-8,11,24H2,1-2H3. The summed E-state index contributed by atoms with van der Waals surface area (Å²) < 4.78 is 11.7. The Kier molecular flexibility index (Phi) is 4.84. The van der Waals surface area contributed by atoms with Gasteiger partial charge < -0.3 is 19.8 Å². The molecule has 3 heterocycles. The van der Waals surface area contributed by atoms with Crippen LogP contribution in [0.3, 0.4) is 0 Å². The van der Waals surface area contributed by atoms with Crippen LogP contribution < -0.4 is 15.4 Å². The summed E-state index contributed by atoms with van der Waals surface area (Å²) in [6.45, 7) is 5.36. The van der Waals surface area contributed by atoms with E-state index < -0.39 is 0 Å². The lowest BCUT2D eigenvalue weighted by Crippen LogP contribution is -2.31. The molecule has 3 N–H and O–H groups in total. The summed E-state index contributed by atoms with van der Waals surface area (Å²) >= 11 is 0. The number of nitrogens with one attached hydrogen (secondary N) is 1. The van der Waals surface area contributed by atoms with E-state index in [1.165, 1.54) is 19.2 Å². The Morgan fingerprint density at radius 3 is 2.87 bits per heavy atom. The van der Waals surface area contributed by atoms with Gasteiger partial charge >= 0.3 is 0 Å². The normalized spacial score (nSPS) is 15.8. The summed E-state index contributed by atoms with van der Waals surface area (Å²) in [6, 6.07) is 7.21. The molecule has 0 unspecified atom stereocenters. The van der Waals surface area contributed by atoms with E-state index in [0.29, 0.717) is 35.2 Å². The number of hydrogen-bond donors (Lipinski definition) is 2. The van der Waals surface area contributed by atoms with Gasteiger partial charge in [0.15, 0.2) is 5.89 Å². The van der Waals surface area contributed by atoms with Gasteiger partial charge in [-0.3, -0.25) is 5.41 Å². The molecular weight excluding hydrogens is 392 g/mol. The molecule has 1 fully saturated rings. The summed E-state index contributed by atoms with van der Waals surface area (Å²) in [5.41, 5.74) is 9.01. The van der Waals surface area contributed by atoms with Crippen LogP contribution in [0.2, 0.25) is 0 Å². The summed E-state index contributed by atoms with van der Waals surface area (Å²) in [5, 5.41) is 8.70. The monoisotopic (exact) mass is 418 g/mol. The van der Waals surface area contributed by atoms with Crippen LogP contribution in [0.25, 0.3) is 0 Å². The first-order valence-electron chi connectivity index (χ1n) is 10.7. The number of nitrogens with zero attached hydrogens (tertiary/aromatic N) is 4. The second kappa shape index (κ2) is 7.68. The Morgan fingerprint density at radius 1 is 1.26 bits per heavy atom. The average molecular weight is 419 g/mol. The Balaban J connectivity index is 1.38. The molecule has 1 aromatic carbocycles. The highest BCUT2D eigenvalue weighted by Gasteiger charge is 2.32. The van der Waals surface area contributed by atoms with E-state index in [2.05, 4.69) is 14.9 Å². The SMILES string of the molecule is CC(C)Oc1ccc(N)c(C(=N)c2cc(N3CCc4oc(C5CC5)nc4C3)ncn2)c1. The van der Waals surface area contributed by atoms with Gasteiger partial charge in [-0.15, -0.1) is 0 Å². The molecule has 8 nitrogen and oxygen atoms in total. The van der Waals surface area contributed by atoms with Gasteiger partial charge in [0, 0.05) is 36.2 Å². The molecule has 1 aliphatic carbocycles. The van der Waals surface area contributed by atoms with Crippen molar-refractivity contribution in [2.75, 3.05) is 17.2 Å². The molecule has 1 saturated carbocycles. The minimum absolute atomic E-state index is 0.0391. The largest absolute Gasteiger partial charge is 0.491 e. The molecule has 1 aliphatic heterocycles. The number of benzene rings is 1. The Labute approximate surface area is 181 Å². The van der Waals surface area contributed by atoms with Gasteiger partial charge in [0.25, 0.3) is 0 Å². The van der Waals surface area contributed by atoms with Crippen LogP contribution in [-0.4, -0.2) is 33.3 Å². The van der Waals surface area contributed by atoms with E-state index in [1.807, 2.05) is 26.0 Å². The maximum atomic E-state index is 8.70. The van der Waals surface area contributed by atoms with Crippen LogP contribution in [0.4, 0.5) is 11.5 Å². The van der Waals surface area contributed by atoms with E-state index in [1.54, 1.807) is 12.1 Å². The second-order valence-corrected chi connectivity index (χ2v) is 8.42. The van der Waals surface area contributed by atoms with Gasteiger partial charge in [0.05, 0.1) is 24.1 Å². The van der Waals surface area contributed by atoms with Crippen LogP contribution in [0.5, 0.6) is 5.75 Å². The molecule has 0 atom stereocenters. The molecule has 31 heavy (non-hydrogen) atoms. The first-order valence-corrected chi connectivity index (χ1v) is 10.7. The fourth-order valence-corrected chi connectivity index (χ4v) is 3.81. The zero-order valence-corrected chi connectivity index (χ0v) is 17.8. The van der Waals surface area contributed by atoms with E-state index in [0.717, 1.165) is 36.1 Å². The van der Waals surface area contributed by atoms with Crippen molar-refractivity contribution >= 4 is 17.2 Å². The number of aromatic nitrogens is 3. The van der Waals surface area contributed by atoms with Crippen LogP contribution in [0.15, 0.2) is 35.0 Å². The lowest BCUT2D eigenvalue weighted by Gasteiger charge is -2.26. The average Bonchev–Trinajstić information content (AvgIpc) is 3.53. The molecule has 3 aromatic rings. The maximum absolute atomic E-state index is 8.70. The predicted molar refractivity (Wildman–Crippen MR) is 118 cm³/mol. The fraction of sp³-hybridized carbons (Fsp3) is 0.391. The number of ether oxygens (including phenoxy) is 1. The van der Waals surface area contributed by atoms with Crippen LogP contribution in [-0.2, 0) is 13.0 Å². The van der Waals surface area contributed by atoms with Crippen LogP contribution in [0.1, 0.15) is 61.2 Å². The Hall–Kier alpha value is -3.42. The molecule has 0 amide bonds. The van der Waals surface area contributed by atoms with Crippen molar-refractivity contribution in [3.05, 3.63) is 59.2 Å². The van der Waals surface area contributed by atoms with Crippen molar-refractivity contribution < 1.29 is 9.15 Å². The lowest BCUT2D eigenvalue weighted by molar-refractivity contribution is 0.242. The van der Waals surface area contributed by atoms with Crippen molar-refractivity contribution in [1.29, 1.82) is 5.41 Å². The molecule has 5 rings (SSSR count). The third-order valence-corrected chi connectivity index (χ3v) is 5.57. The highest BCUT2D eigenvalue weighted by Crippen LogP contribution is 2.41. The number of anilines is 2. The zero-order chi connectivity index (χ0) is 21.5. The van der Waals surface area contributed by atoms with Gasteiger partial charge in [0.2, 0.25) is 0 Å². The summed E-state index contributed by atoms with van der Waals surface area (Å²) in [5.74, 6) is 3.83. The second-order valence-electron chi connectivity index (χ2n) is 8.42. The predicted octanol–water partition coefficient (Wildman–Crippen LogP) is 3.69. The van der Waals surface area contributed by atoms with Crippen LogP contribution in [0, 0.1) is 5.41 Å². The van der Waals surface area contributed by atoms with Crippen molar-refractivity contribution in [1.82, 2.24) is 15.0 Å². The highest BCUT2D eigenvalue weighted by molar-refractivity contribution is 6.13. The molecule has 0 saturated heterocycles. The minimum Gasteiger partial charge on any atom is -0.491 e. The lowest BCUT2D eigenvalue weighted by atomic mass is 10.0. The topological polar surface area (TPSA) is 114 Å². The minimum atomic E-state index is 0.0391. The molecular formula is C23H26N6O2. The highest BCUT2D eigenvalue weighted by atomic mass is 16.5. The third kappa shape index (κ3) is 3.97.